The summed E-state index contributed by atoms with van der Waals surface area (Å²) < 4.78 is 15.2. The van der Waals surface area contributed by atoms with Gasteiger partial charge in [-0.1, -0.05) is 18.7 Å². The standard InChI is InChI=1S/C21H26O12/c1-4-5-6-11(20(16(23)24,17(25)26)13-8-31-13)12(7-33-15(22)10(2)3)21(18(27)28,19(29)30)14-9-32-14/h4-5,11-14H,2,6-9H2,1,3H3,(H,23,24)(H,25,26)(H,27,28)(H,29,30). The van der Waals surface area contributed by atoms with Crippen LogP contribution in [0.5, 0.6) is 0 Å². The minimum absolute atomic E-state index is 0.0778. The van der Waals surface area contributed by atoms with Crippen LogP contribution in [-0.4, -0.2) is 82.3 Å². The Balaban J connectivity index is 2.80. The van der Waals surface area contributed by atoms with Gasteiger partial charge in [0, 0.05) is 11.5 Å². The predicted molar refractivity (Wildman–Crippen MR) is 107 cm³/mol. The van der Waals surface area contributed by atoms with Crippen LogP contribution in [0.3, 0.4) is 0 Å². The molecule has 12 heteroatoms. The van der Waals surface area contributed by atoms with Gasteiger partial charge in [-0.2, -0.15) is 0 Å². The van der Waals surface area contributed by atoms with Crippen molar-refractivity contribution in [1.82, 2.24) is 0 Å². The first-order valence-corrected chi connectivity index (χ1v) is 10.0. The molecule has 33 heavy (non-hydrogen) atoms. The second-order valence-corrected chi connectivity index (χ2v) is 8.00. The van der Waals surface area contributed by atoms with E-state index in [0.29, 0.717) is 0 Å². The molecule has 0 aliphatic carbocycles. The Labute approximate surface area is 188 Å². The maximum atomic E-state index is 12.4. The number of esters is 1. The van der Waals surface area contributed by atoms with Crippen molar-refractivity contribution < 1.29 is 58.6 Å². The molecule has 2 aliphatic rings. The third-order valence-electron chi connectivity index (χ3n) is 6.12. The van der Waals surface area contributed by atoms with Crippen LogP contribution >= 0.6 is 0 Å². The SMILES string of the molecule is C=C(C)C(=O)OCC(C(CC=CC)C(C(=O)O)(C(=O)O)C1CO1)C(C(=O)O)(C(=O)O)C1CO1. The molecule has 0 radical (unpaired) electrons. The van der Waals surface area contributed by atoms with Crippen LogP contribution in [0.15, 0.2) is 24.3 Å². The quantitative estimate of drug-likeness (QED) is 0.0897. The fourth-order valence-corrected chi connectivity index (χ4v) is 4.27. The van der Waals surface area contributed by atoms with Gasteiger partial charge in [-0.3, -0.25) is 19.2 Å². The highest BCUT2D eigenvalue weighted by atomic mass is 16.6. The van der Waals surface area contributed by atoms with Crippen molar-refractivity contribution in [3.05, 3.63) is 24.3 Å². The molecule has 0 bridgehead atoms. The zero-order valence-electron chi connectivity index (χ0n) is 18.1. The van der Waals surface area contributed by atoms with Crippen LogP contribution in [-0.2, 0) is 38.2 Å². The lowest BCUT2D eigenvalue weighted by molar-refractivity contribution is -0.190. The summed E-state index contributed by atoms with van der Waals surface area (Å²) in [5.74, 6) is -11.9. The smallest absolute Gasteiger partial charge is 0.333 e. The van der Waals surface area contributed by atoms with Gasteiger partial charge < -0.3 is 34.6 Å². The van der Waals surface area contributed by atoms with Gasteiger partial charge in [0.2, 0.25) is 0 Å². The van der Waals surface area contributed by atoms with E-state index < -0.39 is 71.3 Å². The lowest BCUT2D eigenvalue weighted by Crippen LogP contribution is -2.61. The molecule has 0 aromatic carbocycles. The molecule has 12 nitrogen and oxygen atoms in total. The number of hydrogen-bond acceptors (Lipinski definition) is 8. The van der Waals surface area contributed by atoms with Gasteiger partial charge in [0.05, 0.1) is 19.8 Å². The molecule has 2 heterocycles. The van der Waals surface area contributed by atoms with Gasteiger partial charge >= 0.3 is 29.8 Å². The molecule has 0 aromatic heterocycles. The van der Waals surface area contributed by atoms with Crippen LogP contribution in [0.25, 0.3) is 0 Å². The maximum absolute atomic E-state index is 12.4. The lowest BCUT2D eigenvalue weighted by Gasteiger charge is -2.42. The average Bonchev–Trinajstić information content (AvgIpc) is 3.60. The minimum atomic E-state index is -2.80. The van der Waals surface area contributed by atoms with Crippen molar-refractivity contribution in [2.45, 2.75) is 32.5 Å². The molecule has 0 saturated carbocycles. The van der Waals surface area contributed by atoms with Gasteiger partial charge in [-0.15, -0.1) is 0 Å². The van der Waals surface area contributed by atoms with Crippen molar-refractivity contribution in [3.8, 4) is 0 Å². The largest absolute Gasteiger partial charge is 0.480 e. The molecule has 0 amide bonds. The second kappa shape index (κ2) is 9.71. The third kappa shape index (κ3) is 4.48. The Bertz CT molecular complexity index is 852. The molecule has 4 N–H and O–H groups in total. The number of epoxide rings is 2. The third-order valence-corrected chi connectivity index (χ3v) is 6.12. The van der Waals surface area contributed by atoms with E-state index in [9.17, 15) is 44.4 Å². The molecule has 2 fully saturated rings. The first-order chi connectivity index (χ1) is 15.4. The number of ether oxygens (including phenoxy) is 3. The van der Waals surface area contributed by atoms with Crippen LogP contribution in [0.2, 0.25) is 0 Å². The zero-order chi connectivity index (χ0) is 25.1. The second-order valence-electron chi connectivity index (χ2n) is 8.00. The highest BCUT2D eigenvalue weighted by Crippen LogP contribution is 2.53. The molecule has 4 atom stereocenters. The van der Waals surface area contributed by atoms with Gasteiger partial charge in [0.25, 0.3) is 0 Å². The van der Waals surface area contributed by atoms with E-state index in [1.54, 1.807) is 6.92 Å². The molecule has 4 unspecified atom stereocenters. The molecule has 0 aromatic rings. The fourth-order valence-electron chi connectivity index (χ4n) is 4.27. The van der Waals surface area contributed by atoms with E-state index in [4.69, 9.17) is 14.2 Å². The average molecular weight is 470 g/mol. The van der Waals surface area contributed by atoms with Crippen molar-refractivity contribution in [1.29, 1.82) is 0 Å². The van der Waals surface area contributed by atoms with E-state index in [1.807, 2.05) is 0 Å². The number of rotatable bonds is 14. The summed E-state index contributed by atoms with van der Waals surface area (Å²) in [7, 11) is 0. The summed E-state index contributed by atoms with van der Waals surface area (Å²) in [5, 5.41) is 40.2. The van der Waals surface area contributed by atoms with Crippen molar-refractivity contribution in [2.75, 3.05) is 19.8 Å². The minimum Gasteiger partial charge on any atom is -0.480 e. The maximum Gasteiger partial charge on any atom is 0.333 e. The molecule has 2 saturated heterocycles. The summed E-state index contributed by atoms with van der Waals surface area (Å²) in [6.07, 6.45) is -0.219. The van der Waals surface area contributed by atoms with Gasteiger partial charge in [-0.05, 0) is 26.2 Å². The summed E-state index contributed by atoms with van der Waals surface area (Å²) in [6, 6.07) is 0. The van der Waals surface area contributed by atoms with E-state index >= 15 is 0 Å². The van der Waals surface area contributed by atoms with Crippen molar-refractivity contribution in [3.63, 3.8) is 0 Å². The van der Waals surface area contributed by atoms with Gasteiger partial charge in [0.15, 0.2) is 10.8 Å². The van der Waals surface area contributed by atoms with E-state index in [1.165, 1.54) is 19.1 Å². The number of carboxylic acid groups (broad SMARTS) is 4. The van der Waals surface area contributed by atoms with Crippen LogP contribution in [0.4, 0.5) is 0 Å². The summed E-state index contributed by atoms with van der Waals surface area (Å²) in [4.78, 5) is 61.8. The number of hydrogen-bond donors (Lipinski definition) is 4. The topological polar surface area (TPSA) is 201 Å². The molecular formula is C21H26O12. The van der Waals surface area contributed by atoms with Gasteiger partial charge in [-0.25, -0.2) is 4.79 Å². The molecule has 0 spiro atoms. The van der Waals surface area contributed by atoms with Crippen LogP contribution in [0.1, 0.15) is 20.3 Å². The Morgan fingerprint density at radius 2 is 1.33 bits per heavy atom. The molecule has 2 rings (SSSR count). The normalized spacial score (nSPS) is 21.6. The Kier molecular flexibility index (Phi) is 7.65. The first kappa shape index (κ1) is 26.0. The molecule has 182 valence electrons. The number of carbonyl (C=O) groups is 5. The number of carbonyl (C=O) groups excluding carboxylic acids is 1. The molecule has 2 aliphatic heterocycles. The van der Waals surface area contributed by atoms with Crippen molar-refractivity contribution in [2.24, 2.45) is 22.7 Å². The summed E-state index contributed by atoms with van der Waals surface area (Å²) in [5.41, 5.74) is -5.59. The van der Waals surface area contributed by atoms with E-state index in [0.717, 1.165) is 0 Å². The molecular weight excluding hydrogens is 444 g/mol. The Hall–Kier alpha value is -3.25. The van der Waals surface area contributed by atoms with E-state index in [-0.39, 0.29) is 25.2 Å². The van der Waals surface area contributed by atoms with Crippen LogP contribution < -0.4 is 0 Å². The predicted octanol–water partition coefficient (Wildman–Crippen LogP) is 0.413. The van der Waals surface area contributed by atoms with E-state index in [2.05, 4.69) is 6.58 Å². The number of allylic oxidation sites excluding steroid dienone is 2. The Morgan fingerprint density at radius 3 is 1.64 bits per heavy atom. The zero-order valence-corrected chi connectivity index (χ0v) is 18.1. The summed E-state index contributed by atoms with van der Waals surface area (Å²) in [6.45, 7) is 4.86. The highest BCUT2D eigenvalue weighted by Gasteiger charge is 2.72. The monoisotopic (exact) mass is 470 g/mol. The fraction of sp³-hybridized carbons (Fsp3) is 0.571. The number of aliphatic carboxylic acids is 4. The highest BCUT2D eigenvalue weighted by molar-refractivity contribution is 6.02. The lowest BCUT2D eigenvalue weighted by atomic mass is 9.57. The Morgan fingerprint density at radius 1 is 0.939 bits per heavy atom. The number of carboxylic acids is 4. The van der Waals surface area contributed by atoms with Crippen molar-refractivity contribution >= 4 is 29.8 Å². The van der Waals surface area contributed by atoms with Crippen LogP contribution in [0, 0.1) is 22.7 Å². The first-order valence-electron chi connectivity index (χ1n) is 10.0. The summed E-state index contributed by atoms with van der Waals surface area (Å²) >= 11 is 0. The van der Waals surface area contributed by atoms with Gasteiger partial charge in [0.1, 0.15) is 12.2 Å².